The summed E-state index contributed by atoms with van der Waals surface area (Å²) in [4.78, 5) is 24.8. The number of rotatable bonds is 18. The SMILES string of the molecule is CCCCCCCCCCCC(=O)NCCC[N+](C)(C)CC(=O)O[C@H]1C[C@@H](C)CC[C@@H]1C(C)C.[Cl-]. The third-order valence-electron chi connectivity index (χ3n) is 7.57. The van der Waals surface area contributed by atoms with E-state index in [4.69, 9.17) is 4.74 Å². The maximum absolute atomic E-state index is 12.7. The zero-order chi connectivity index (χ0) is 25.4. The molecule has 0 aromatic heterocycles. The quantitative estimate of drug-likeness (QED) is 0.172. The van der Waals surface area contributed by atoms with Crippen molar-refractivity contribution in [3.63, 3.8) is 0 Å². The lowest BCUT2D eigenvalue weighted by Crippen LogP contribution is -3.00. The molecule has 0 spiro atoms. The Labute approximate surface area is 223 Å². The van der Waals surface area contributed by atoms with Crippen LogP contribution in [0.4, 0.5) is 0 Å². The normalized spacial score (nSPS) is 20.4. The van der Waals surface area contributed by atoms with Crippen molar-refractivity contribution < 1.29 is 31.2 Å². The molecule has 1 fully saturated rings. The number of esters is 1. The van der Waals surface area contributed by atoms with Gasteiger partial charge in [-0.1, -0.05) is 85.5 Å². The lowest BCUT2D eigenvalue weighted by atomic mass is 9.75. The van der Waals surface area contributed by atoms with E-state index in [1.807, 2.05) is 0 Å². The zero-order valence-corrected chi connectivity index (χ0v) is 24.6. The molecule has 0 aliphatic heterocycles. The summed E-state index contributed by atoms with van der Waals surface area (Å²) in [6.07, 6.45) is 16.4. The van der Waals surface area contributed by atoms with Gasteiger partial charge in [-0.25, -0.2) is 4.79 Å². The second-order valence-corrected chi connectivity index (χ2v) is 12.0. The van der Waals surface area contributed by atoms with Crippen LogP contribution >= 0.6 is 0 Å². The first-order valence-electron chi connectivity index (χ1n) is 14.4. The second kappa shape index (κ2) is 19.3. The minimum Gasteiger partial charge on any atom is -1.00 e. The number of hydrogen-bond donors (Lipinski definition) is 1. The van der Waals surface area contributed by atoms with Crippen LogP contribution in [0.1, 0.15) is 118 Å². The first-order chi connectivity index (χ1) is 16.1. The summed E-state index contributed by atoms with van der Waals surface area (Å²) >= 11 is 0. The molecule has 0 radical (unpaired) electrons. The van der Waals surface area contributed by atoms with Gasteiger partial charge >= 0.3 is 5.97 Å². The Balaban J connectivity index is 0.0000116. The van der Waals surface area contributed by atoms with E-state index < -0.39 is 0 Å². The van der Waals surface area contributed by atoms with Crippen LogP contribution in [0.3, 0.4) is 0 Å². The molecule has 1 rings (SSSR count). The van der Waals surface area contributed by atoms with Gasteiger partial charge in [0.15, 0.2) is 6.54 Å². The summed E-state index contributed by atoms with van der Waals surface area (Å²) in [6.45, 7) is 10.9. The Kier molecular flexibility index (Phi) is 18.9. The number of nitrogens with one attached hydrogen (secondary N) is 1. The van der Waals surface area contributed by atoms with Gasteiger partial charge in [0.2, 0.25) is 5.91 Å². The lowest BCUT2D eigenvalue weighted by molar-refractivity contribution is -0.883. The van der Waals surface area contributed by atoms with Crippen LogP contribution in [-0.4, -0.2) is 56.2 Å². The Morgan fingerprint density at radius 3 is 2.14 bits per heavy atom. The number of carbonyl (C=O) groups is 2. The molecule has 5 nitrogen and oxygen atoms in total. The largest absolute Gasteiger partial charge is 1.00 e. The van der Waals surface area contributed by atoms with Gasteiger partial charge in [0.25, 0.3) is 0 Å². The number of ether oxygens (including phenoxy) is 1. The van der Waals surface area contributed by atoms with Crippen LogP contribution in [0.2, 0.25) is 0 Å². The molecule has 0 aromatic carbocycles. The molecule has 1 aliphatic carbocycles. The summed E-state index contributed by atoms with van der Waals surface area (Å²) in [6, 6.07) is 0. The van der Waals surface area contributed by atoms with E-state index >= 15 is 0 Å². The lowest BCUT2D eigenvalue weighted by Gasteiger charge is -2.37. The summed E-state index contributed by atoms with van der Waals surface area (Å²) in [7, 11) is 4.16. The summed E-state index contributed by atoms with van der Waals surface area (Å²) in [5.41, 5.74) is 0. The van der Waals surface area contributed by atoms with E-state index in [1.54, 1.807) is 0 Å². The van der Waals surface area contributed by atoms with Crippen molar-refractivity contribution in [2.75, 3.05) is 33.7 Å². The average Bonchev–Trinajstić information content (AvgIpc) is 2.75. The highest BCUT2D eigenvalue weighted by molar-refractivity contribution is 5.75. The van der Waals surface area contributed by atoms with E-state index in [2.05, 4.69) is 47.1 Å². The van der Waals surface area contributed by atoms with Gasteiger partial charge in [0.1, 0.15) is 6.10 Å². The van der Waals surface area contributed by atoms with Crippen LogP contribution in [-0.2, 0) is 14.3 Å². The third kappa shape index (κ3) is 16.5. The van der Waals surface area contributed by atoms with E-state index in [0.29, 0.717) is 41.7 Å². The number of halogens is 1. The second-order valence-electron chi connectivity index (χ2n) is 12.0. The van der Waals surface area contributed by atoms with Crippen LogP contribution in [0.5, 0.6) is 0 Å². The number of carbonyl (C=O) groups excluding carboxylic acids is 2. The molecule has 35 heavy (non-hydrogen) atoms. The number of quaternary nitrogens is 1. The first kappa shape index (κ1) is 34.2. The van der Waals surface area contributed by atoms with Crippen LogP contribution in [0.15, 0.2) is 0 Å². The third-order valence-corrected chi connectivity index (χ3v) is 7.57. The van der Waals surface area contributed by atoms with Gasteiger partial charge in [-0.2, -0.15) is 0 Å². The molecule has 0 heterocycles. The van der Waals surface area contributed by atoms with E-state index in [9.17, 15) is 9.59 Å². The molecule has 0 unspecified atom stereocenters. The van der Waals surface area contributed by atoms with Crippen LogP contribution < -0.4 is 17.7 Å². The number of likely N-dealkylation sites (N-methyl/N-ethyl adjacent to an activating group) is 1. The van der Waals surface area contributed by atoms with Crippen molar-refractivity contribution in [3.05, 3.63) is 0 Å². The van der Waals surface area contributed by atoms with E-state index in [1.165, 1.54) is 51.4 Å². The molecular formula is C29H57ClN2O3. The standard InChI is InChI=1S/C29H56N2O3.ClH/c1-7-8-9-10-11-12-13-14-15-17-28(32)30-20-16-21-31(5,6)23-29(33)34-27-22-25(4)18-19-26(27)24(2)3;/h24-27H,7-23H2,1-6H3;1H/t25-,26+,27-;/m0./s1. The predicted molar refractivity (Wildman–Crippen MR) is 143 cm³/mol. The number of unbranched alkanes of at least 4 members (excludes halogenated alkanes) is 8. The molecule has 3 atom stereocenters. The van der Waals surface area contributed by atoms with Crippen molar-refractivity contribution in [1.29, 1.82) is 0 Å². The van der Waals surface area contributed by atoms with Crippen molar-refractivity contribution >= 4 is 11.9 Å². The Hall–Kier alpha value is -0.810. The van der Waals surface area contributed by atoms with Gasteiger partial charge < -0.3 is 26.9 Å². The number of amides is 1. The highest BCUT2D eigenvalue weighted by atomic mass is 35.5. The maximum atomic E-state index is 12.7. The van der Waals surface area contributed by atoms with Crippen molar-refractivity contribution in [2.45, 2.75) is 124 Å². The molecule has 1 saturated carbocycles. The Morgan fingerprint density at radius 1 is 0.943 bits per heavy atom. The smallest absolute Gasteiger partial charge is 0.362 e. The summed E-state index contributed by atoms with van der Waals surface area (Å²) < 4.78 is 6.59. The van der Waals surface area contributed by atoms with Crippen LogP contribution in [0.25, 0.3) is 0 Å². The fraction of sp³-hybridized carbons (Fsp3) is 0.931. The van der Waals surface area contributed by atoms with Crippen molar-refractivity contribution in [3.8, 4) is 0 Å². The molecule has 0 saturated heterocycles. The molecule has 1 aliphatic rings. The minimum absolute atomic E-state index is 0. The van der Waals surface area contributed by atoms with Gasteiger partial charge in [0.05, 0.1) is 20.6 Å². The Morgan fingerprint density at radius 2 is 1.54 bits per heavy atom. The van der Waals surface area contributed by atoms with Crippen molar-refractivity contribution in [1.82, 2.24) is 5.32 Å². The van der Waals surface area contributed by atoms with E-state index in [0.717, 1.165) is 38.6 Å². The van der Waals surface area contributed by atoms with Gasteiger partial charge in [-0.05, 0) is 37.0 Å². The molecule has 6 heteroatoms. The molecule has 0 bridgehead atoms. The fourth-order valence-electron chi connectivity index (χ4n) is 5.30. The van der Waals surface area contributed by atoms with E-state index in [-0.39, 0.29) is 30.4 Å². The molecular weight excluding hydrogens is 460 g/mol. The average molecular weight is 517 g/mol. The highest BCUT2D eigenvalue weighted by Gasteiger charge is 2.34. The molecule has 0 aromatic rings. The summed E-state index contributed by atoms with van der Waals surface area (Å²) in [5.74, 6) is 1.75. The highest BCUT2D eigenvalue weighted by Crippen LogP contribution is 2.35. The van der Waals surface area contributed by atoms with Gasteiger partial charge in [-0.15, -0.1) is 0 Å². The first-order valence-corrected chi connectivity index (χ1v) is 14.4. The molecule has 1 N–H and O–H groups in total. The molecule has 1 amide bonds. The summed E-state index contributed by atoms with van der Waals surface area (Å²) in [5, 5.41) is 3.06. The molecule has 208 valence electrons. The predicted octanol–water partition coefficient (Wildman–Crippen LogP) is 3.50. The Bertz CT molecular complexity index is 568. The van der Waals surface area contributed by atoms with Crippen molar-refractivity contribution in [2.24, 2.45) is 17.8 Å². The van der Waals surface area contributed by atoms with Gasteiger partial charge in [-0.3, -0.25) is 4.79 Å². The monoisotopic (exact) mass is 516 g/mol. The number of nitrogens with zero attached hydrogens (tertiary/aromatic N) is 1. The minimum atomic E-state index is -0.0795. The maximum Gasteiger partial charge on any atom is 0.362 e. The fourth-order valence-corrected chi connectivity index (χ4v) is 5.30. The topological polar surface area (TPSA) is 55.4 Å². The van der Waals surface area contributed by atoms with Crippen LogP contribution in [0, 0.1) is 17.8 Å². The number of hydrogen-bond acceptors (Lipinski definition) is 3. The zero-order valence-electron chi connectivity index (χ0n) is 23.9. The van der Waals surface area contributed by atoms with Gasteiger partial charge in [0, 0.05) is 19.4 Å².